The Kier molecular flexibility index (Phi) is 3.37. The number of carboxylic acid groups (broad SMARTS) is 1. The summed E-state index contributed by atoms with van der Waals surface area (Å²) >= 11 is 0. The van der Waals surface area contributed by atoms with Gasteiger partial charge in [-0.1, -0.05) is 30.3 Å². The fraction of sp³-hybridized carbons (Fsp3) is 0.400. The molecule has 2 bridgehead atoms. The van der Waals surface area contributed by atoms with Crippen LogP contribution in [0, 0.1) is 0 Å². The van der Waals surface area contributed by atoms with Crippen LogP contribution in [0.15, 0.2) is 35.3 Å². The molecule has 1 aromatic rings. The van der Waals surface area contributed by atoms with Gasteiger partial charge in [0.2, 0.25) is 0 Å². The molecule has 2 atom stereocenters. The summed E-state index contributed by atoms with van der Waals surface area (Å²) in [7, 11) is 0. The number of nitrogens with zero attached hydrogens (tertiary/aromatic N) is 3. The fourth-order valence-electron chi connectivity index (χ4n) is 2.85. The highest BCUT2D eigenvalue weighted by Crippen LogP contribution is 2.29. The van der Waals surface area contributed by atoms with Crippen LogP contribution in [0.1, 0.15) is 12.5 Å². The van der Waals surface area contributed by atoms with Crippen molar-refractivity contribution in [1.29, 1.82) is 0 Å². The predicted octanol–water partition coefficient (Wildman–Crippen LogP) is 1.22. The van der Waals surface area contributed by atoms with Crippen LogP contribution in [0.3, 0.4) is 0 Å². The van der Waals surface area contributed by atoms with E-state index < -0.39 is 18.2 Å². The standard InChI is InChI=1S/C15H17N3O3/c1-10-14(19)18(15(20)21)12-9-17(10)13(12)16-8-7-11-5-3-2-4-6-11/h2-6,10,12H,7-9H2,1H3,(H,20,21). The quantitative estimate of drug-likeness (QED) is 0.907. The largest absolute Gasteiger partial charge is 0.465 e. The van der Waals surface area contributed by atoms with Gasteiger partial charge in [-0.2, -0.15) is 0 Å². The molecular weight excluding hydrogens is 270 g/mol. The number of amidine groups is 1. The Morgan fingerprint density at radius 1 is 1.38 bits per heavy atom. The first kappa shape index (κ1) is 13.6. The Hall–Kier alpha value is -2.37. The molecule has 3 heterocycles. The van der Waals surface area contributed by atoms with Gasteiger partial charge in [-0.05, 0) is 18.9 Å². The minimum absolute atomic E-state index is 0.360. The van der Waals surface area contributed by atoms with Gasteiger partial charge in [0, 0.05) is 13.1 Å². The lowest BCUT2D eigenvalue weighted by Crippen LogP contribution is -2.76. The lowest BCUT2D eigenvalue weighted by atomic mass is 9.95. The zero-order valence-corrected chi connectivity index (χ0v) is 11.8. The molecule has 1 N–H and O–H groups in total. The van der Waals surface area contributed by atoms with Crippen molar-refractivity contribution in [2.45, 2.75) is 25.4 Å². The molecule has 3 fully saturated rings. The lowest BCUT2D eigenvalue weighted by Gasteiger charge is -2.53. The Balaban J connectivity index is 1.70. The van der Waals surface area contributed by atoms with Crippen molar-refractivity contribution in [2.75, 3.05) is 13.1 Å². The van der Waals surface area contributed by atoms with E-state index in [1.165, 1.54) is 5.56 Å². The zero-order valence-electron chi connectivity index (χ0n) is 11.8. The van der Waals surface area contributed by atoms with E-state index in [-0.39, 0.29) is 5.91 Å². The number of hydrogen-bond acceptors (Lipinski definition) is 3. The van der Waals surface area contributed by atoms with Gasteiger partial charge in [-0.25, -0.2) is 9.69 Å². The maximum absolute atomic E-state index is 11.9. The number of amides is 2. The van der Waals surface area contributed by atoms with E-state index in [0.717, 1.165) is 17.2 Å². The number of hydrogen-bond donors (Lipinski definition) is 1. The predicted molar refractivity (Wildman–Crippen MR) is 77.3 cm³/mol. The van der Waals surface area contributed by atoms with Crippen LogP contribution in [0.2, 0.25) is 0 Å². The van der Waals surface area contributed by atoms with E-state index in [1.807, 2.05) is 35.2 Å². The molecule has 110 valence electrons. The average molecular weight is 287 g/mol. The molecule has 0 spiro atoms. The van der Waals surface area contributed by atoms with Gasteiger partial charge in [-0.15, -0.1) is 0 Å². The van der Waals surface area contributed by atoms with Gasteiger partial charge in [0.05, 0.1) is 0 Å². The molecule has 4 rings (SSSR count). The van der Waals surface area contributed by atoms with Crippen LogP contribution in [0.25, 0.3) is 0 Å². The van der Waals surface area contributed by atoms with E-state index >= 15 is 0 Å². The molecule has 3 aliphatic rings. The number of carbonyl (C=O) groups excluding carboxylic acids is 1. The summed E-state index contributed by atoms with van der Waals surface area (Å²) in [4.78, 5) is 30.4. The Morgan fingerprint density at radius 3 is 2.76 bits per heavy atom. The average Bonchev–Trinajstić information content (AvgIpc) is 2.46. The molecule has 3 saturated heterocycles. The second kappa shape index (κ2) is 5.20. The summed E-state index contributed by atoms with van der Waals surface area (Å²) in [6.07, 6.45) is -0.382. The third-order valence-corrected chi connectivity index (χ3v) is 4.06. The maximum atomic E-state index is 11.9. The van der Waals surface area contributed by atoms with E-state index in [4.69, 9.17) is 0 Å². The van der Waals surface area contributed by atoms with Crippen molar-refractivity contribution in [3.05, 3.63) is 35.9 Å². The highest BCUT2D eigenvalue weighted by Gasteiger charge is 2.53. The van der Waals surface area contributed by atoms with Crippen molar-refractivity contribution in [3.8, 4) is 0 Å². The lowest BCUT2D eigenvalue weighted by molar-refractivity contribution is -0.141. The van der Waals surface area contributed by atoms with Crippen LogP contribution in [-0.2, 0) is 11.2 Å². The van der Waals surface area contributed by atoms with Gasteiger partial charge in [0.15, 0.2) is 0 Å². The molecule has 6 heteroatoms. The Morgan fingerprint density at radius 2 is 2.10 bits per heavy atom. The first-order chi connectivity index (χ1) is 10.1. The summed E-state index contributed by atoms with van der Waals surface area (Å²) < 4.78 is 0. The van der Waals surface area contributed by atoms with Crippen LogP contribution >= 0.6 is 0 Å². The molecule has 1 aromatic carbocycles. The number of carbonyl (C=O) groups is 2. The molecule has 0 saturated carbocycles. The molecule has 6 nitrogen and oxygen atoms in total. The summed E-state index contributed by atoms with van der Waals surface area (Å²) in [5.41, 5.74) is 1.19. The van der Waals surface area contributed by atoms with Gasteiger partial charge in [0.25, 0.3) is 5.91 Å². The molecule has 2 unspecified atom stereocenters. The molecular formula is C15H17N3O3. The molecule has 21 heavy (non-hydrogen) atoms. The minimum atomic E-state index is -1.19. The second-order valence-corrected chi connectivity index (χ2v) is 5.31. The van der Waals surface area contributed by atoms with Crippen LogP contribution in [0.5, 0.6) is 0 Å². The number of fused-ring (bicyclic) bond motifs is 2. The molecule has 0 radical (unpaired) electrons. The number of imide groups is 1. The zero-order chi connectivity index (χ0) is 15.0. The third-order valence-electron chi connectivity index (χ3n) is 4.06. The number of benzene rings is 1. The molecule has 2 amide bonds. The Bertz CT molecular complexity index is 599. The Labute approximate surface area is 122 Å². The first-order valence-electron chi connectivity index (χ1n) is 7.00. The summed E-state index contributed by atoms with van der Waals surface area (Å²) in [6.45, 7) is 2.88. The second-order valence-electron chi connectivity index (χ2n) is 5.31. The van der Waals surface area contributed by atoms with Gasteiger partial charge < -0.3 is 10.0 Å². The molecule has 3 aliphatic heterocycles. The van der Waals surface area contributed by atoms with E-state index in [9.17, 15) is 14.7 Å². The summed E-state index contributed by atoms with van der Waals surface area (Å²) in [6, 6.07) is 9.17. The van der Waals surface area contributed by atoms with Gasteiger partial charge >= 0.3 is 6.09 Å². The molecule has 0 aromatic heterocycles. The van der Waals surface area contributed by atoms with Gasteiger partial charge in [-0.3, -0.25) is 9.79 Å². The molecule has 0 aliphatic carbocycles. The van der Waals surface area contributed by atoms with Gasteiger partial charge in [0.1, 0.15) is 17.9 Å². The normalized spacial score (nSPS) is 26.0. The van der Waals surface area contributed by atoms with Crippen molar-refractivity contribution < 1.29 is 14.7 Å². The smallest absolute Gasteiger partial charge is 0.414 e. The van der Waals surface area contributed by atoms with Crippen molar-refractivity contribution in [2.24, 2.45) is 4.99 Å². The third kappa shape index (κ3) is 2.26. The van der Waals surface area contributed by atoms with E-state index in [2.05, 4.69) is 4.99 Å². The minimum Gasteiger partial charge on any atom is -0.465 e. The number of piperazine rings is 2. The number of aliphatic imine (C=N–C) groups is 1. The van der Waals surface area contributed by atoms with Crippen LogP contribution in [-0.4, -0.2) is 57.9 Å². The monoisotopic (exact) mass is 287 g/mol. The maximum Gasteiger partial charge on any atom is 0.414 e. The van der Waals surface area contributed by atoms with Crippen molar-refractivity contribution in [3.63, 3.8) is 0 Å². The highest BCUT2D eigenvalue weighted by molar-refractivity contribution is 6.09. The topological polar surface area (TPSA) is 73.2 Å². The highest BCUT2D eigenvalue weighted by atomic mass is 16.4. The van der Waals surface area contributed by atoms with Crippen LogP contribution < -0.4 is 0 Å². The number of rotatable bonds is 3. The summed E-state index contributed by atoms with van der Waals surface area (Å²) in [5, 5.41) is 9.17. The summed E-state index contributed by atoms with van der Waals surface area (Å²) in [5.74, 6) is 0.362. The fourth-order valence-corrected chi connectivity index (χ4v) is 2.85. The van der Waals surface area contributed by atoms with Crippen LogP contribution in [0.4, 0.5) is 4.79 Å². The first-order valence-corrected chi connectivity index (χ1v) is 7.00. The SMILES string of the molecule is CC1C(=O)N(C(=O)O)C2CN1C2=NCCc1ccccc1. The van der Waals surface area contributed by atoms with Crippen molar-refractivity contribution >= 4 is 17.8 Å². The van der Waals surface area contributed by atoms with E-state index in [1.54, 1.807) is 6.92 Å². The van der Waals surface area contributed by atoms with E-state index in [0.29, 0.717) is 13.1 Å². The van der Waals surface area contributed by atoms with Crippen molar-refractivity contribution in [1.82, 2.24) is 9.80 Å².